The maximum atomic E-state index is 13.8. The van der Waals surface area contributed by atoms with Gasteiger partial charge in [0.05, 0.1) is 6.42 Å². The van der Waals surface area contributed by atoms with Crippen LogP contribution in [0.2, 0.25) is 5.02 Å². The first-order chi connectivity index (χ1) is 11.5. The van der Waals surface area contributed by atoms with E-state index in [0.717, 1.165) is 10.3 Å². The number of carbonyl (C=O) groups excluding carboxylic acids is 1. The van der Waals surface area contributed by atoms with Gasteiger partial charge in [-0.3, -0.25) is 4.79 Å². The van der Waals surface area contributed by atoms with Gasteiger partial charge in [0.25, 0.3) is 0 Å². The molecule has 0 radical (unpaired) electrons. The molecule has 2 aromatic rings. The number of piperazine rings is 1. The molecule has 126 valence electrons. The molecule has 0 atom stereocenters. The topological polar surface area (TPSA) is 36.4 Å². The Morgan fingerprint density at radius 2 is 1.96 bits per heavy atom. The molecule has 0 saturated carbocycles. The smallest absolute Gasteiger partial charge is 0.227 e. The average Bonchev–Trinajstić information content (AvgIpc) is 2.59. The van der Waals surface area contributed by atoms with Crippen molar-refractivity contribution < 1.29 is 9.18 Å². The SMILES string of the molecule is O=C(Cc1c(F)cccc1Cl)N1CCN(c2ccc(Br)cn2)CC1. The molecule has 7 heteroatoms. The number of pyridine rings is 1. The van der Waals surface area contributed by atoms with Crippen LogP contribution in [-0.4, -0.2) is 42.0 Å². The summed E-state index contributed by atoms with van der Waals surface area (Å²) in [7, 11) is 0. The van der Waals surface area contributed by atoms with Gasteiger partial charge in [-0.2, -0.15) is 0 Å². The van der Waals surface area contributed by atoms with Crippen LogP contribution < -0.4 is 4.90 Å². The van der Waals surface area contributed by atoms with Crippen molar-refractivity contribution in [2.24, 2.45) is 0 Å². The molecule has 0 N–H and O–H groups in total. The lowest BCUT2D eigenvalue weighted by molar-refractivity contribution is -0.130. The van der Waals surface area contributed by atoms with Crippen LogP contribution in [0.1, 0.15) is 5.56 Å². The highest BCUT2D eigenvalue weighted by atomic mass is 79.9. The lowest BCUT2D eigenvalue weighted by Crippen LogP contribution is -2.49. The summed E-state index contributed by atoms with van der Waals surface area (Å²) in [6, 6.07) is 8.35. The minimum absolute atomic E-state index is 0.0119. The first-order valence-corrected chi connectivity index (χ1v) is 8.79. The van der Waals surface area contributed by atoms with E-state index in [1.807, 2.05) is 12.1 Å². The second kappa shape index (κ2) is 7.49. The summed E-state index contributed by atoms with van der Waals surface area (Å²) in [5, 5.41) is 0.293. The Morgan fingerprint density at radius 3 is 2.58 bits per heavy atom. The van der Waals surface area contributed by atoms with E-state index in [1.165, 1.54) is 12.1 Å². The van der Waals surface area contributed by atoms with E-state index in [-0.39, 0.29) is 17.9 Å². The van der Waals surface area contributed by atoms with Gasteiger partial charge in [-0.05, 0) is 40.2 Å². The lowest BCUT2D eigenvalue weighted by Gasteiger charge is -2.35. The largest absolute Gasteiger partial charge is 0.353 e. The van der Waals surface area contributed by atoms with Crippen LogP contribution in [0.25, 0.3) is 0 Å². The summed E-state index contributed by atoms with van der Waals surface area (Å²) in [6.07, 6.45) is 1.75. The van der Waals surface area contributed by atoms with Crippen LogP contribution in [0.5, 0.6) is 0 Å². The molecule has 1 amide bonds. The van der Waals surface area contributed by atoms with Crippen molar-refractivity contribution in [3.8, 4) is 0 Å². The number of halogens is 3. The predicted octanol–water partition coefficient (Wildman–Crippen LogP) is 3.53. The second-order valence-electron chi connectivity index (χ2n) is 5.58. The maximum Gasteiger partial charge on any atom is 0.227 e. The normalized spacial score (nSPS) is 14.8. The minimum atomic E-state index is -0.437. The third-order valence-corrected chi connectivity index (χ3v) is 4.88. The first-order valence-electron chi connectivity index (χ1n) is 7.62. The molecule has 1 aliphatic rings. The highest BCUT2D eigenvalue weighted by Crippen LogP contribution is 2.21. The number of aromatic nitrogens is 1. The minimum Gasteiger partial charge on any atom is -0.353 e. The first kappa shape index (κ1) is 17.2. The highest BCUT2D eigenvalue weighted by Gasteiger charge is 2.23. The van der Waals surface area contributed by atoms with Crippen LogP contribution in [0.3, 0.4) is 0 Å². The number of amides is 1. The molecule has 1 saturated heterocycles. The standard InChI is InChI=1S/C17H16BrClFN3O/c18-12-4-5-16(21-11-12)22-6-8-23(9-7-22)17(24)10-13-14(19)2-1-3-15(13)20/h1-5,11H,6-10H2. The zero-order valence-electron chi connectivity index (χ0n) is 12.9. The highest BCUT2D eigenvalue weighted by molar-refractivity contribution is 9.10. The fourth-order valence-corrected chi connectivity index (χ4v) is 3.17. The lowest BCUT2D eigenvalue weighted by atomic mass is 10.1. The molecule has 1 aromatic heterocycles. The van der Waals surface area contributed by atoms with Crippen LogP contribution in [-0.2, 0) is 11.2 Å². The average molecular weight is 413 g/mol. The monoisotopic (exact) mass is 411 g/mol. The van der Waals surface area contributed by atoms with Gasteiger partial charge in [-0.25, -0.2) is 9.37 Å². The molecule has 0 unspecified atom stereocenters. The number of rotatable bonds is 3. The van der Waals surface area contributed by atoms with E-state index >= 15 is 0 Å². The molecule has 1 aliphatic heterocycles. The summed E-state index contributed by atoms with van der Waals surface area (Å²) < 4.78 is 14.8. The molecule has 1 aromatic carbocycles. The fraction of sp³-hybridized carbons (Fsp3) is 0.294. The van der Waals surface area contributed by atoms with E-state index in [2.05, 4.69) is 25.8 Å². The molecule has 2 heterocycles. The Kier molecular flexibility index (Phi) is 5.36. The molecular weight excluding hydrogens is 397 g/mol. The van der Waals surface area contributed by atoms with Crippen molar-refractivity contribution in [3.05, 3.63) is 57.4 Å². The number of anilines is 1. The Morgan fingerprint density at radius 1 is 1.21 bits per heavy atom. The number of benzene rings is 1. The summed E-state index contributed by atoms with van der Waals surface area (Å²) >= 11 is 9.36. The Bertz CT molecular complexity index is 713. The number of carbonyl (C=O) groups is 1. The summed E-state index contributed by atoms with van der Waals surface area (Å²) in [5.41, 5.74) is 0.265. The molecular formula is C17H16BrClFN3O. The van der Waals surface area contributed by atoms with Crippen LogP contribution in [0.15, 0.2) is 41.0 Å². The van der Waals surface area contributed by atoms with Crippen LogP contribution in [0.4, 0.5) is 10.2 Å². The predicted molar refractivity (Wildman–Crippen MR) is 95.8 cm³/mol. The molecule has 3 rings (SSSR count). The molecule has 4 nitrogen and oxygen atoms in total. The van der Waals surface area contributed by atoms with Crippen molar-refractivity contribution in [2.45, 2.75) is 6.42 Å². The van der Waals surface area contributed by atoms with E-state index in [0.29, 0.717) is 31.2 Å². The van der Waals surface area contributed by atoms with E-state index in [9.17, 15) is 9.18 Å². The van der Waals surface area contributed by atoms with Gasteiger partial charge in [0.1, 0.15) is 11.6 Å². The Labute approximate surface area is 153 Å². The summed E-state index contributed by atoms with van der Waals surface area (Å²) in [4.78, 5) is 20.7. The van der Waals surface area contributed by atoms with E-state index < -0.39 is 5.82 Å². The molecule has 1 fully saturated rings. The van der Waals surface area contributed by atoms with Crippen molar-refractivity contribution in [1.82, 2.24) is 9.88 Å². The van der Waals surface area contributed by atoms with Gasteiger partial charge in [-0.15, -0.1) is 0 Å². The number of nitrogens with zero attached hydrogens (tertiary/aromatic N) is 3. The van der Waals surface area contributed by atoms with Crippen molar-refractivity contribution in [2.75, 3.05) is 31.1 Å². The molecule has 0 bridgehead atoms. The Balaban J connectivity index is 1.60. The third-order valence-electron chi connectivity index (χ3n) is 4.06. The summed E-state index contributed by atoms with van der Waals surface area (Å²) in [6.45, 7) is 2.57. The van der Waals surface area contributed by atoms with Gasteiger partial charge >= 0.3 is 0 Å². The van der Waals surface area contributed by atoms with Gasteiger partial charge in [0.15, 0.2) is 0 Å². The number of hydrogen-bond donors (Lipinski definition) is 0. The molecule has 0 aliphatic carbocycles. The zero-order valence-corrected chi connectivity index (χ0v) is 15.2. The van der Waals surface area contributed by atoms with E-state index in [4.69, 9.17) is 11.6 Å². The zero-order chi connectivity index (χ0) is 17.1. The van der Waals surface area contributed by atoms with Gasteiger partial charge < -0.3 is 9.80 Å². The van der Waals surface area contributed by atoms with Gasteiger partial charge in [0, 0.05) is 47.4 Å². The quantitative estimate of drug-likeness (QED) is 0.774. The van der Waals surface area contributed by atoms with Gasteiger partial charge in [-0.1, -0.05) is 17.7 Å². The third kappa shape index (κ3) is 3.87. The second-order valence-corrected chi connectivity index (χ2v) is 6.90. The van der Waals surface area contributed by atoms with Crippen molar-refractivity contribution >= 4 is 39.3 Å². The van der Waals surface area contributed by atoms with Crippen LogP contribution >= 0.6 is 27.5 Å². The number of hydrogen-bond acceptors (Lipinski definition) is 3. The van der Waals surface area contributed by atoms with Gasteiger partial charge in [0.2, 0.25) is 5.91 Å². The van der Waals surface area contributed by atoms with E-state index in [1.54, 1.807) is 17.2 Å². The molecule has 24 heavy (non-hydrogen) atoms. The maximum absolute atomic E-state index is 13.8. The Hall–Kier alpha value is -1.66. The van der Waals surface area contributed by atoms with Crippen molar-refractivity contribution in [1.29, 1.82) is 0 Å². The van der Waals surface area contributed by atoms with Crippen LogP contribution in [0, 0.1) is 5.82 Å². The fourth-order valence-electron chi connectivity index (χ4n) is 2.70. The summed E-state index contributed by atoms with van der Waals surface area (Å²) in [5.74, 6) is 0.349. The molecule has 0 spiro atoms. The van der Waals surface area contributed by atoms with Crippen molar-refractivity contribution in [3.63, 3.8) is 0 Å².